The van der Waals surface area contributed by atoms with E-state index in [0.717, 1.165) is 11.5 Å². The van der Waals surface area contributed by atoms with Crippen molar-refractivity contribution >= 4 is 9.84 Å². The summed E-state index contributed by atoms with van der Waals surface area (Å²) in [6.07, 6.45) is 2.38. The molecule has 0 aliphatic heterocycles. The zero-order valence-corrected chi connectivity index (χ0v) is 11.1. The Kier molecular flexibility index (Phi) is 5.50. The zero-order chi connectivity index (χ0) is 12.7. The van der Waals surface area contributed by atoms with E-state index in [2.05, 4.69) is 15.3 Å². The highest BCUT2D eigenvalue weighted by Crippen LogP contribution is 1.95. The number of hydrogen-bond donors (Lipinski definition) is 1. The first kappa shape index (κ1) is 14.1. The Balaban J connectivity index is 2.29. The fraction of sp³-hybridized carbons (Fsp3) is 0.636. The molecule has 0 atom stereocenters. The molecule has 1 aromatic rings. The lowest BCUT2D eigenvalue weighted by Crippen LogP contribution is -2.24. The minimum atomic E-state index is -2.89. The van der Waals surface area contributed by atoms with Crippen LogP contribution in [0.25, 0.3) is 0 Å². The van der Waals surface area contributed by atoms with Crippen molar-refractivity contribution in [3.63, 3.8) is 0 Å². The summed E-state index contributed by atoms with van der Waals surface area (Å²) in [5.41, 5.74) is 0.880. The molecule has 0 spiro atoms. The smallest absolute Gasteiger partial charge is 0.151 e. The van der Waals surface area contributed by atoms with Gasteiger partial charge in [0.2, 0.25) is 0 Å². The van der Waals surface area contributed by atoms with Gasteiger partial charge < -0.3 is 5.32 Å². The van der Waals surface area contributed by atoms with Crippen molar-refractivity contribution < 1.29 is 8.42 Å². The molecule has 6 heteroatoms. The van der Waals surface area contributed by atoms with Crippen LogP contribution in [0.4, 0.5) is 0 Å². The maximum atomic E-state index is 11.4. The SMILES string of the molecule is CCCS(=O)(=O)CCNCc1ccnc(C)n1. The highest BCUT2D eigenvalue weighted by atomic mass is 32.2. The predicted octanol–water partition coefficient (Wildman–Crippen LogP) is 0.699. The van der Waals surface area contributed by atoms with Gasteiger partial charge in [0.25, 0.3) is 0 Å². The number of aryl methyl sites for hydroxylation is 1. The van der Waals surface area contributed by atoms with Crippen LogP contribution in [0.5, 0.6) is 0 Å². The van der Waals surface area contributed by atoms with E-state index < -0.39 is 9.84 Å². The van der Waals surface area contributed by atoms with Gasteiger partial charge in [-0.25, -0.2) is 18.4 Å². The monoisotopic (exact) mass is 257 g/mol. The molecule has 1 N–H and O–H groups in total. The highest BCUT2D eigenvalue weighted by Gasteiger charge is 2.08. The third-order valence-corrected chi connectivity index (χ3v) is 4.10. The van der Waals surface area contributed by atoms with Crippen LogP contribution in [0.2, 0.25) is 0 Å². The molecule has 5 nitrogen and oxygen atoms in total. The van der Waals surface area contributed by atoms with Crippen LogP contribution in [-0.2, 0) is 16.4 Å². The van der Waals surface area contributed by atoms with Gasteiger partial charge in [0, 0.05) is 25.0 Å². The topological polar surface area (TPSA) is 72.0 Å². The second kappa shape index (κ2) is 6.66. The van der Waals surface area contributed by atoms with E-state index >= 15 is 0 Å². The van der Waals surface area contributed by atoms with Crippen molar-refractivity contribution in [3.8, 4) is 0 Å². The minimum Gasteiger partial charge on any atom is -0.310 e. The second-order valence-corrected chi connectivity index (χ2v) is 6.23. The number of nitrogens with one attached hydrogen (secondary N) is 1. The molecule has 0 aliphatic rings. The quantitative estimate of drug-likeness (QED) is 0.728. The lowest BCUT2D eigenvalue weighted by Gasteiger charge is -2.05. The summed E-state index contributed by atoms with van der Waals surface area (Å²) in [6, 6.07) is 1.82. The molecule has 0 saturated heterocycles. The van der Waals surface area contributed by atoms with Crippen LogP contribution in [0, 0.1) is 6.92 Å². The van der Waals surface area contributed by atoms with E-state index in [4.69, 9.17) is 0 Å². The molecule has 0 aromatic carbocycles. The van der Waals surface area contributed by atoms with Gasteiger partial charge in [0.15, 0.2) is 9.84 Å². The van der Waals surface area contributed by atoms with Crippen molar-refractivity contribution in [1.82, 2.24) is 15.3 Å². The fourth-order valence-electron chi connectivity index (χ4n) is 1.46. The van der Waals surface area contributed by atoms with E-state index in [0.29, 0.717) is 19.5 Å². The molecule has 1 aromatic heterocycles. The Hall–Kier alpha value is -1.01. The summed E-state index contributed by atoms with van der Waals surface area (Å²) in [5, 5.41) is 3.07. The largest absolute Gasteiger partial charge is 0.310 e. The Bertz CT molecular complexity index is 446. The molecule has 0 saturated carbocycles. The molecular weight excluding hydrogens is 238 g/mol. The third kappa shape index (κ3) is 5.74. The number of aromatic nitrogens is 2. The molecule has 0 aliphatic carbocycles. The fourth-order valence-corrected chi connectivity index (χ4v) is 2.74. The van der Waals surface area contributed by atoms with Crippen LogP contribution in [0.1, 0.15) is 24.9 Å². The van der Waals surface area contributed by atoms with Crippen LogP contribution in [0.3, 0.4) is 0 Å². The second-order valence-electron chi connectivity index (χ2n) is 3.92. The maximum absolute atomic E-state index is 11.4. The summed E-state index contributed by atoms with van der Waals surface area (Å²) in [7, 11) is -2.89. The van der Waals surface area contributed by atoms with Crippen LogP contribution in [-0.4, -0.2) is 36.4 Å². The van der Waals surface area contributed by atoms with E-state index in [1.807, 2.05) is 19.9 Å². The Morgan fingerprint density at radius 3 is 2.76 bits per heavy atom. The lowest BCUT2D eigenvalue weighted by atomic mass is 10.4. The highest BCUT2D eigenvalue weighted by molar-refractivity contribution is 7.91. The van der Waals surface area contributed by atoms with Gasteiger partial charge in [-0.15, -0.1) is 0 Å². The standard InChI is InChI=1S/C11H19N3O2S/c1-3-7-17(15,16)8-6-12-9-11-4-5-13-10(2)14-11/h4-5,12H,3,6-9H2,1-2H3. The molecule has 0 radical (unpaired) electrons. The molecule has 96 valence electrons. The third-order valence-electron chi connectivity index (χ3n) is 2.24. The Morgan fingerprint density at radius 1 is 1.35 bits per heavy atom. The Labute approximate surface area is 103 Å². The van der Waals surface area contributed by atoms with Gasteiger partial charge in [-0.3, -0.25) is 0 Å². The van der Waals surface area contributed by atoms with Crippen molar-refractivity contribution in [1.29, 1.82) is 0 Å². The van der Waals surface area contributed by atoms with Crippen molar-refractivity contribution in [2.75, 3.05) is 18.1 Å². The van der Waals surface area contributed by atoms with E-state index in [9.17, 15) is 8.42 Å². The van der Waals surface area contributed by atoms with Gasteiger partial charge in [0.1, 0.15) is 5.82 Å². The lowest BCUT2D eigenvalue weighted by molar-refractivity contribution is 0.588. The van der Waals surface area contributed by atoms with Crippen LogP contribution >= 0.6 is 0 Å². The van der Waals surface area contributed by atoms with Crippen LogP contribution in [0.15, 0.2) is 12.3 Å². The minimum absolute atomic E-state index is 0.185. The molecule has 0 unspecified atom stereocenters. The van der Waals surface area contributed by atoms with Gasteiger partial charge >= 0.3 is 0 Å². The average molecular weight is 257 g/mol. The molecule has 0 amide bonds. The molecular formula is C11H19N3O2S. The number of hydrogen-bond acceptors (Lipinski definition) is 5. The predicted molar refractivity (Wildman–Crippen MR) is 67.4 cm³/mol. The van der Waals surface area contributed by atoms with Gasteiger partial charge in [0.05, 0.1) is 11.4 Å². The van der Waals surface area contributed by atoms with E-state index in [1.54, 1.807) is 6.20 Å². The molecule has 17 heavy (non-hydrogen) atoms. The molecule has 0 bridgehead atoms. The first-order valence-electron chi connectivity index (χ1n) is 5.73. The first-order chi connectivity index (χ1) is 8.03. The number of sulfone groups is 1. The van der Waals surface area contributed by atoms with E-state index in [-0.39, 0.29) is 11.5 Å². The van der Waals surface area contributed by atoms with Crippen molar-refractivity contribution in [2.45, 2.75) is 26.8 Å². The molecule has 0 fully saturated rings. The number of rotatable bonds is 7. The molecule has 1 heterocycles. The first-order valence-corrected chi connectivity index (χ1v) is 7.55. The maximum Gasteiger partial charge on any atom is 0.151 e. The van der Waals surface area contributed by atoms with Gasteiger partial charge in [-0.05, 0) is 19.4 Å². The van der Waals surface area contributed by atoms with Crippen LogP contribution < -0.4 is 5.32 Å². The summed E-state index contributed by atoms with van der Waals surface area (Å²) >= 11 is 0. The number of nitrogens with zero attached hydrogens (tertiary/aromatic N) is 2. The Morgan fingerprint density at radius 2 is 2.12 bits per heavy atom. The normalized spacial score (nSPS) is 11.6. The zero-order valence-electron chi connectivity index (χ0n) is 10.3. The molecule has 1 rings (SSSR count). The van der Waals surface area contributed by atoms with Gasteiger partial charge in [-0.2, -0.15) is 0 Å². The summed E-state index contributed by atoms with van der Waals surface area (Å²) in [4.78, 5) is 8.22. The summed E-state index contributed by atoms with van der Waals surface area (Å²) < 4.78 is 22.9. The van der Waals surface area contributed by atoms with Crippen molar-refractivity contribution in [2.24, 2.45) is 0 Å². The summed E-state index contributed by atoms with van der Waals surface area (Å²) in [6.45, 7) is 4.74. The van der Waals surface area contributed by atoms with Gasteiger partial charge in [-0.1, -0.05) is 6.92 Å². The van der Waals surface area contributed by atoms with Crippen molar-refractivity contribution in [3.05, 3.63) is 23.8 Å². The van der Waals surface area contributed by atoms with E-state index in [1.165, 1.54) is 0 Å². The summed E-state index contributed by atoms with van der Waals surface area (Å²) in [5.74, 6) is 1.18. The average Bonchev–Trinajstić information content (AvgIpc) is 2.24.